The molecule has 0 spiro atoms. The van der Waals surface area contributed by atoms with Gasteiger partial charge in [-0.05, 0) is 47.9 Å². The van der Waals surface area contributed by atoms with Gasteiger partial charge in [0.05, 0.1) is 0 Å². The summed E-state index contributed by atoms with van der Waals surface area (Å²) in [6.07, 6.45) is 1.31. The molecule has 1 amide bonds. The fraction of sp³-hybridized carbons (Fsp3) is 0.188. The predicted octanol–water partition coefficient (Wildman–Crippen LogP) is 3.32. The van der Waals surface area contributed by atoms with Crippen LogP contribution in [0.2, 0.25) is 0 Å². The van der Waals surface area contributed by atoms with Gasteiger partial charge in [-0.2, -0.15) is 0 Å². The van der Waals surface area contributed by atoms with Crippen LogP contribution in [0.5, 0.6) is 0 Å². The number of halogens is 1. The Labute approximate surface area is 116 Å². The molecule has 0 radical (unpaired) electrons. The van der Waals surface area contributed by atoms with Gasteiger partial charge < -0.3 is 10.6 Å². The van der Waals surface area contributed by atoms with Crippen LogP contribution in [0.25, 0.3) is 0 Å². The molecule has 2 aromatic rings. The number of fused-ring (bicyclic) bond motifs is 1. The summed E-state index contributed by atoms with van der Waals surface area (Å²) in [6.45, 7) is 0.644. The molecule has 3 nitrogen and oxygen atoms in total. The Bertz CT molecular complexity index is 637. The third-order valence-corrected chi connectivity index (χ3v) is 3.41. The van der Waals surface area contributed by atoms with Gasteiger partial charge in [0.15, 0.2) is 0 Å². The molecular formula is C16H15FN2O. The molecule has 0 saturated carbocycles. The number of benzene rings is 2. The van der Waals surface area contributed by atoms with E-state index in [9.17, 15) is 9.18 Å². The molecule has 0 saturated heterocycles. The summed E-state index contributed by atoms with van der Waals surface area (Å²) in [4.78, 5) is 11.3. The topological polar surface area (TPSA) is 41.1 Å². The normalized spacial score (nSPS) is 13.6. The first-order chi connectivity index (χ1) is 9.70. The van der Waals surface area contributed by atoms with Crippen LogP contribution in [0.3, 0.4) is 0 Å². The summed E-state index contributed by atoms with van der Waals surface area (Å²) in [6, 6.07) is 12.4. The maximum atomic E-state index is 12.8. The fourth-order valence-electron chi connectivity index (χ4n) is 2.30. The molecule has 0 unspecified atom stereocenters. The molecule has 20 heavy (non-hydrogen) atoms. The highest BCUT2D eigenvalue weighted by Gasteiger charge is 2.14. The van der Waals surface area contributed by atoms with Gasteiger partial charge in [-0.25, -0.2) is 4.39 Å². The van der Waals surface area contributed by atoms with Crippen molar-refractivity contribution in [3.63, 3.8) is 0 Å². The zero-order chi connectivity index (χ0) is 13.9. The number of aryl methyl sites for hydroxylation is 1. The van der Waals surface area contributed by atoms with Gasteiger partial charge in [0.1, 0.15) is 5.82 Å². The molecule has 0 fully saturated rings. The van der Waals surface area contributed by atoms with Crippen LogP contribution in [0.15, 0.2) is 42.5 Å². The van der Waals surface area contributed by atoms with Gasteiger partial charge in [0.25, 0.3) is 0 Å². The summed E-state index contributed by atoms with van der Waals surface area (Å²) >= 11 is 0. The molecule has 4 heteroatoms. The number of carbonyl (C=O) groups excluding carboxylic acids is 1. The first-order valence-corrected chi connectivity index (χ1v) is 6.62. The molecule has 2 N–H and O–H groups in total. The monoisotopic (exact) mass is 270 g/mol. The molecule has 102 valence electrons. The number of hydrogen-bond acceptors (Lipinski definition) is 2. The maximum Gasteiger partial charge on any atom is 0.224 e. The zero-order valence-corrected chi connectivity index (χ0v) is 10.9. The minimum atomic E-state index is -0.224. The lowest BCUT2D eigenvalue weighted by atomic mass is 10.0. The zero-order valence-electron chi connectivity index (χ0n) is 10.9. The van der Waals surface area contributed by atoms with Crippen molar-refractivity contribution in [2.45, 2.75) is 19.4 Å². The van der Waals surface area contributed by atoms with Gasteiger partial charge >= 0.3 is 0 Å². The first-order valence-electron chi connectivity index (χ1n) is 6.62. The second-order valence-electron chi connectivity index (χ2n) is 4.90. The summed E-state index contributed by atoms with van der Waals surface area (Å²) in [5.74, 6) is -0.150. The van der Waals surface area contributed by atoms with Crippen LogP contribution >= 0.6 is 0 Å². The highest BCUT2D eigenvalue weighted by molar-refractivity contribution is 5.94. The third kappa shape index (κ3) is 2.79. The average molecular weight is 270 g/mol. The summed E-state index contributed by atoms with van der Waals surface area (Å²) in [7, 11) is 0. The van der Waals surface area contributed by atoms with Crippen molar-refractivity contribution in [3.05, 3.63) is 59.4 Å². The second-order valence-corrected chi connectivity index (χ2v) is 4.90. The molecule has 0 atom stereocenters. The summed E-state index contributed by atoms with van der Waals surface area (Å²) < 4.78 is 12.8. The molecule has 3 rings (SSSR count). The van der Waals surface area contributed by atoms with Gasteiger partial charge in [-0.15, -0.1) is 0 Å². The van der Waals surface area contributed by atoms with E-state index in [4.69, 9.17) is 0 Å². The van der Waals surface area contributed by atoms with Crippen LogP contribution in [-0.2, 0) is 17.8 Å². The Morgan fingerprint density at radius 2 is 1.90 bits per heavy atom. The Morgan fingerprint density at radius 3 is 2.70 bits per heavy atom. The lowest BCUT2D eigenvalue weighted by Gasteiger charge is -2.18. The van der Waals surface area contributed by atoms with Gasteiger partial charge in [-0.1, -0.05) is 12.1 Å². The van der Waals surface area contributed by atoms with Gasteiger partial charge in [-0.3, -0.25) is 4.79 Å². The molecule has 2 aromatic carbocycles. The number of anilines is 2. The van der Waals surface area contributed by atoms with E-state index in [1.807, 2.05) is 12.1 Å². The minimum absolute atomic E-state index is 0.0736. The van der Waals surface area contributed by atoms with Gasteiger partial charge in [0, 0.05) is 24.3 Å². The quantitative estimate of drug-likeness (QED) is 0.898. The number of hydrogen-bond donors (Lipinski definition) is 2. The Kier molecular flexibility index (Phi) is 3.37. The van der Waals surface area contributed by atoms with E-state index in [1.54, 1.807) is 12.1 Å². The van der Waals surface area contributed by atoms with Crippen LogP contribution in [0, 0.1) is 5.82 Å². The summed E-state index contributed by atoms with van der Waals surface area (Å²) in [5, 5.41) is 6.17. The van der Waals surface area contributed by atoms with Crippen molar-refractivity contribution >= 4 is 17.3 Å². The molecular weight excluding hydrogens is 255 g/mol. The highest BCUT2D eigenvalue weighted by atomic mass is 19.1. The van der Waals surface area contributed by atoms with Crippen molar-refractivity contribution in [1.29, 1.82) is 0 Å². The Hall–Kier alpha value is -2.36. The number of rotatable bonds is 3. The summed E-state index contributed by atoms with van der Waals surface area (Å²) in [5.41, 5.74) is 4.07. The first kappa shape index (κ1) is 12.7. The van der Waals surface area contributed by atoms with Crippen molar-refractivity contribution in [2.24, 2.45) is 0 Å². The average Bonchev–Trinajstić information content (AvgIpc) is 2.46. The molecule has 0 aliphatic carbocycles. The fourth-order valence-corrected chi connectivity index (χ4v) is 2.30. The maximum absolute atomic E-state index is 12.8. The van der Waals surface area contributed by atoms with Crippen LogP contribution in [0.4, 0.5) is 15.8 Å². The Morgan fingerprint density at radius 1 is 1.10 bits per heavy atom. The molecule has 0 aromatic heterocycles. The third-order valence-electron chi connectivity index (χ3n) is 3.41. The highest BCUT2D eigenvalue weighted by Crippen LogP contribution is 2.25. The van der Waals surface area contributed by atoms with Crippen molar-refractivity contribution in [1.82, 2.24) is 0 Å². The molecule has 1 aliphatic rings. The lowest BCUT2D eigenvalue weighted by molar-refractivity contribution is -0.116. The van der Waals surface area contributed by atoms with Gasteiger partial charge in [0.2, 0.25) is 5.91 Å². The van der Waals surface area contributed by atoms with E-state index >= 15 is 0 Å². The Balaban J connectivity index is 1.69. The van der Waals surface area contributed by atoms with Crippen LogP contribution in [0.1, 0.15) is 17.5 Å². The molecule has 1 aliphatic heterocycles. The van der Waals surface area contributed by atoms with Crippen LogP contribution < -0.4 is 10.6 Å². The van der Waals surface area contributed by atoms with Crippen molar-refractivity contribution in [3.8, 4) is 0 Å². The molecule has 0 bridgehead atoms. The van der Waals surface area contributed by atoms with Crippen molar-refractivity contribution in [2.75, 3.05) is 10.6 Å². The minimum Gasteiger partial charge on any atom is -0.381 e. The smallest absolute Gasteiger partial charge is 0.224 e. The largest absolute Gasteiger partial charge is 0.381 e. The lowest BCUT2D eigenvalue weighted by Crippen LogP contribution is -2.18. The van der Waals surface area contributed by atoms with E-state index in [-0.39, 0.29) is 11.7 Å². The van der Waals surface area contributed by atoms with Crippen molar-refractivity contribution < 1.29 is 9.18 Å². The number of nitrogens with one attached hydrogen (secondary N) is 2. The standard InChI is InChI=1S/C16H15FN2O/c17-13-4-1-11(2-5-13)10-18-14-6-7-15-12(9-14)3-8-16(20)19-15/h1-2,4-7,9,18H,3,8,10H2,(H,19,20). The van der Waals surface area contributed by atoms with E-state index in [0.29, 0.717) is 13.0 Å². The van der Waals surface area contributed by atoms with E-state index < -0.39 is 0 Å². The van der Waals surface area contributed by atoms with Crippen LogP contribution in [-0.4, -0.2) is 5.91 Å². The van der Waals surface area contributed by atoms with E-state index in [0.717, 1.165) is 28.9 Å². The van der Waals surface area contributed by atoms with E-state index in [1.165, 1.54) is 12.1 Å². The number of amides is 1. The predicted molar refractivity (Wildman–Crippen MR) is 77.1 cm³/mol. The molecule has 1 heterocycles. The number of carbonyl (C=O) groups is 1. The SMILES string of the molecule is O=C1CCc2cc(NCc3ccc(F)cc3)ccc2N1. The second kappa shape index (κ2) is 5.33. The van der Waals surface area contributed by atoms with E-state index in [2.05, 4.69) is 16.7 Å².